The fourth-order valence-corrected chi connectivity index (χ4v) is 2.91. The Morgan fingerprint density at radius 2 is 2.10 bits per heavy atom. The fraction of sp³-hybridized carbons (Fsp3) is 0.312. The van der Waals surface area contributed by atoms with Gasteiger partial charge in [0.05, 0.1) is 17.4 Å². The summed E-state index contributed by atoms with van der Waals surface area (Å²) in [6.45, 7) is 0. The van der Waals surface area contributed by atoms with E-state index in [0.29, 0.717) is 0 Å². The second-order valence-electron chi connectivity index (χ2n) is 5.42. The van der Waals surface area contributed by atoms with E-state index in [-0.39, 0.29) is 5.60 Å². The van der Waals surface area contributed by atoms with E-state index in [1.54, 1.807) is 13.3 Å². The largest absolute Gasteiger partial charge is 0.372 e. The first-order valence-corrected chi connectivity index (χ1v) is 7.13. The van der Waals surface area contributed by atoms with Gasteiger partial charge in [-0.3, -0.25) is 4.98 Å². The van der Waals surface area contributed by atoms with Crippen LogP contribution in [0.25, 0.3) is 16.7 Å². The van der Waals surface area contributed by atoms with Gasteiger partial charge in [-0.2, -0.15) is 5.10 Å². The van der Waals surface area contributed by atoms with Crippen molar-refractivity contribution in [2.75, 3.05) is 7.11 Å². The zero-order chi connectivity index (χ0) is 14.3. The molecule has 4 rings (SSSR count). The normalized spacial score (nSPS) is 16.8. The lowest BCUT2D eigenvalue weighted by Gasteiger charge is -2.39. The highest BCUT2D eigenvalue weighted by Gasteiger charge is 2.40. The molecule has 3 heterocycles. The molecule has 0 aliphatic heterocycles. The molecule has 1 aliphatic rings. The van der Waals surface area contributed by atoms with Gasteiger partial charge in [0.15, 0.2) is 5.82 Å². The number of hydrogen-bond donors (Lipinski definition) is 0. The van der Waals surface area contributed by atoms with Crippen molar-refractivity contribution in [3.63, 3.8) is 0 Å². The number of fused-ring (bicyclic) bond motifs is 1. The maximum Gasteiger partial charge on any atom is 0.154 e. The molecular formula is C16H16N4O. The Balaban J connectivity index is 1.83. The van der Waals surface area contributed by atoms with Crippen LogP contribution in [0.15, 0.2) is 42.9 Å². The first-order valence-electron chi connectivity index (χ1n) is 7.13. The summed E-state index contributed by atoms with van der Waals surface area (Å²) < 4.78 is 7.57. The van der Waals surface area contributed by atoms with E-state index in [1.807, 2.05) is 41.3 Å². The van der Waals surface area contributed by atoms with Crippen LogP contribution in [0.4, 0.5) is 0 Å². The predicted octanol–water partition coefficient (Wildman–Crippen LogP) is 2.84. The van der Waals surface area contributed by atoms with Crippen molar-refractivity contribution in [1.82, 2.24) is 19.7 Å². The molecule has 0 saturated heterocycles. The summed E-state index contributed by atoms with van der Waals surface area (Å²) in [5.74, 6) is 0.817. The van der Waals surface area contributed by atoms with Gasteiger partial charge in [0.2, 0.25) is 0 Å². The maximum atomic E-state index is 5.72. The topological polar surface area (TPSA) is 52.8 Å². The summed E-state index contributed by atoms with van der Waals surface area (Å²) in [4.78, 5) is 8.90. The number of methoxy groups -OCH3 is 1. The van der Waals surface area contributed by atoms with Gasteiger partial charge in [-0.05, 0) is 37.5 Å². The summed E-state index contributed by atoms with van der Waals surface area (Å²) in [7, 11) is 1.77. The number of pyridine rings is 2. The van der Waals surface area contributed by atoms with Gasteiger partial charge in [0, 0.05) is 24.9 Å². The minimum Gasteiger partial charge on any atom is -0.372 e. The zero-order valence-electron chi connectivity index (χ0n) is 11.9. The summed E-state index contributed by atoms with van der Waals surface area (Å²) in [6, 6.07) is 7.98. The average Bonchev–Trinajstić information content (AvgIpc) is 2.91. The van der Waals surface area contributed by atoms with Crippen molar-refractivity contribution in [3.8, 4) is 5.82 Å². The Kier molecular flexibility index (Phi) is 2.75. The SMILES string of the molecule is COC1(c2cccc(-n3ncc4cnccc43)n2)CCC1. The number of hydrogen-bond acceptors (Lipinski definition) is 4. The lowest BCUT2D eigenvalue weighted by atomic mass is 9.77. The molecule has 0 unspecified atom stereocenters. The lowest BCUT2D eigenvalue weighted by Crippen LogP contribution is -2.37. The minimum absolute atomic E-state index is 0.208. The molecule has 0 bridgehead atoms. The van der Waals surface area contributed by atoms with Crippen LogP contribution in [-0.4, -0.2) is 26.9 Å². The first-order chi connectivity index (χ1) is 10.3. The van der Waals surface area contributed by atoms with Crippen molar-refractivity contribution in [3.05, 3.63) is 48.5 Å². The molecule has 1 aliphatic carbocycles. The summed E-state index contributed by atoms with van der Waals surface area (Å²) in [5, 5.41) is 5.44. The highest BCUT2D eigenvalue weighted by Crippen LogP contribution is 2.43. The Morgan fingerprint density at radius 1 is 1.19 bits per heavy atom. The molecule has 21 heavy (non-hydrogen) atoms. The van der Waals surface area contributed by atoms with Gasteiger partial charge < -0.3 is 4.74 Å². The summed E-state index contributed by atoms with van der Waals surface area (Å²) >= 11 is 0. The number of nitrogens with zero attached hydrogens (tertiary/aromatic N) is 4. The minimum atomic E-state index is -0.208. The van der Waals surface area contributed by atoms with E-state index in [0.717, 1.165) is 35.3 Å². The highest BCUT2D eigenvalue weighted by atomic mass is 16.5. The van der Waals surface area contributed by atoms with Crippen LogP contribution in [0.3, 0.4) is 0 Å². The number of ether oxygens (including phenoxy) is 1. The van der Waals surface area contributed by atoms with Gasteiger partial charge in [-0.15, -0.1) is 0 Å². The molecule has 3 aromatic rings. The van der Waals surface area contributed by atoms with Crippen LogP contribution in [0.5, 0.6) is 0 Å². The van der Waals surface area contributed by atoms with Gasteiger partial charge in [-0.1, -0.05) is 6.07 Å². The molecule has 0 atom stereocenters. The van der Waals surface area contributed by atoms with Crippen molar-refractivity contribution >= 4 is 10.9 Å². The second kappa shape index (κ2) is 4.63. The van der Waals surface area contributed by atoms with E-state index in [4.69, 9.17) is 9.72 Å². The monoisotopic (exact) mass is 280 g/mol. The molecule has 0 aromatic carbocycles. The second-order valence-corrected chi connectivity index (χ2v) is 5.42. The van der Waals surface area contributed by atoms with Crippen molar-refractivity contribution in [2.45, 2.75) is 24.9 Å². The third-order valence-corrected chi connectivity index (χ3v) is 4.34. The Morgan fingerprint density at radius 3 is 2.86 bits per heavy atom. The molecular weight excluding hydrogens is 264 g/mol. The van der Waals surface area contributed by atoms with Gasteiger partial charge in [0.25, 0.3) is 0 Å². The molecule has 5 nitrogen and oxygen atoms in total. The third-order valence-electron chi connectivity index (χ3n) is 4.34. The fourth-order valence-electron chi connectivity index (χ4n) is 2.91. The lowest BCUT2D eigenvalue weighted by molar-refractivity contribution is -0.0811. The molecule has 1 fully saturated rings. The average molecular weight is 280 g/mol. The molecule has 0 amide bonds. The van der Waals surface area contributed by atoms with Crippen LogP contribution in [0.2, 0.25) is 0 Å². The Bertz CT molecular complexity index is 786. The zero-order valence-corrected chi connectivity index (χ0v) is 11.9. The third kappa shape index (κ3) is 1.85. The standard InChI is InChI=1S/C16H16N4O/c1-21-16(7-3-8-16)14-4-2-5-15(19-14)20-13-6-9-17-10-12(13)11-18-20/h2,4-6,9-11H,3,7-8H2,1H3. The summed E-state index contributed by atoms with van der Waals surface area (Å²) in [6.07, 6.45) is 8.65. The molecule has 5 heteroatoms. The van der Waals surface area contributed by atoms with Gasteiger partial charge in [0.1, 0.15) is 5.60 Å². The summed E-state index contributed by atoms with van der Waals surface area (Å²) in [5.41, 5.74) is 1.79. The predicted molar refractivity (Wildman–Crippen MR) is 79.2 cm³/mol. The van der Waals surface area contributed by atoms with E-state index < -0.39 is 0 Å². The van der Waals surface area contributed by atoms with E-state index in [1.165, 1.54) is 6.42 Å². The van der Waals surface area contributed by atoms with E-state index >= 15 is 0 Å². The van der Waals surface area contributed by atoms with Gasteiger partial charge in [-0.25, -0.2) is 9.67 Å². The van der Waals surface area contributed by atoms with Crippen LogP contribution >= 0.6 is 0 Å². The number of aromatic nitrogens is 4. The molecule has 1 saturated carbocycles. The highest BCUT2D eigenvalue weighted by molar-refractivity contribution is 5.78. The van der Waals surface area contributed by atoms with Crippen LogP contribution in [-0.2, 0) is 10.3 Å². The van der Waals surface area contributed by atoms with Crippen LogP contribution < -0.4 is 0 Å². The molecule has 0 radical (unpaired) electrons. The van der Waals surface area contributed by atoms with Gasteiger partial charge >= 0.3 is 0 Å². The Labute approximate surface area is 122 Å². The number of rotatable bonds is 3. The first kappa shape index (κ1) is 12.5. The molecule has 106 valence electrons. The van der Waals surface area contributed by atoms with Crippen molar-refractivity contribution < 1.29 is 4.74 Å². The maximum absolute atomic E-state index is 5.72. The van der Waals surface area contributed by atoms with Crippen LogP contribution in [0.1, 0.15) is 25.0 Å². The van der Waals surface area contributed by atoms with Crippen molar-refractivity contribution in [2.24, 2.45) is 0 Å². The smallest absolute Gasteiger partial charge is 0.154 e. The van der Waals surface area contributed by atoms with E-state index in [9.17, 15) is 0 Å². The van der Waals surface area contributed by atoms with Crippen molar-refractivity contribution in [1.29, 1.82) is 0 Å². The molecule has 0 N–H and O–H groups in total. The quantitative estimate of drug-likeness (QED) is 0.740. The van der Waals surface area contributed by atoms with E-state index in [2.05, 4.69) is 10.1 Å². The Hall–Kier alpha value is -2.27. The van der Waals surface area contributed by atoms with Crippen LogP contribution in [0, 0.1) is 0 Å². The molecule has 0 spiro atoms. The molecule has 3 aromatic heterocycles.